The van der Waals surface area contributed by atoms with Crippen molar-refractivity contribution in [3.05, 3.63) is 29.8 Å². The number of carbonyl (C=O) groups excluding carboxylic acids is 2. The molecule has 0 bridgehead atoms. The van der Waals surface area contributed by atoms with Gasteiger partial charge in [0, 0.05) is 31.4 Å². The van der Waals surface area contributed by atoms with Crippen LogP contribution in [0, 0.1) is 5.92 Å². The maximum atomic E-state index is 11.9. The van der Waals surface area contributed by atoms with Gasteiger partial charge in [0.05, 0.1) is 0 Å². The van der Waals surface area contributed by atoms with Crippen molar-refractivity contribution < 1.29 is 19.5 Å². The van der Waals surface area contributed by atoms with E-state index in [2.05, 4.69) is 5.32 Å². The molecule has 1 aromatic carbocycles. The molecule has 5 heteroatoms. The Balaban J connectivity index is 2.07. The van der Waals surface area contributed by atoms with Crippen molar-refractivity contribution in [2.75, 3.05) is 5.32 Å². The molecule has 22 heavy (non-hydrogen) atoms. The highest BCUT2D eigenvalue weighted by Gasteiger charge is 2.29. The van der Waals surface area contributed by atoms with Crippen LogP contribution in [-0.2, 0) is 14.4 Å². The molecule has 2 N–H and O–H groups in total. The molecule has 5 nitrogen and oxygen atoms in total. The number of rotatable bonds is 5. The molecule has 2 unspecified atom stereocenters. The topological polar surface area (TPSA) is 83.5 Å². The highest BCUT2D eigenvalue weighted by molar-refractivity contribution is 5.88. The second-order valence-electron chi connectivity index (χ2n) is 5.87. The third-order valence-electron chi connectivity index (χ3n) is 4.15. The zero-order chi connectivity index (χ0) is 16.1. The summed E-state index contributed by atoms with van der Waals surface area (Å²) in [6.07, 6.45) is 2.42. The molecule has 118 valence electrons. The van der Waals surface area contributed by atoms with Crippen LogP contribution in [0.1, 0.15) is 50.5 Å². The lowest BCUT2D eigenvalue weighted by atomic mass is 9.75. The van der Waals surface area contributed by atoms with Crippen LogP contribution in [0.5, 0.6) is 0 Å². The highest BCUT2D eigenvalue weighted by atomic mass is 16.4. The number of amides is 1. The molecule has 1 aromatic rings. The van der Waals surface area contributed by atoms with E-state index < -0.39 is 5.97 Å². The minimum Gasteiger partial charge on any atom is -0.481 e. The molecule has 0 aliphatic heterocycles. The molecule has 2 atom stereocenters. The summed E-state index contributed by atoms with van der Waals surface area (Å²) in [4.78, 5) is 33.8. The van der Waals surface area contributed by atoms with Gasteiger partial charge in [-0.1, -0.05) is 12.1 Å². The molecule has 1 aliphatic rings. The normalized spacial score (nSPS) is 21.4. The van der Waals surface area contributed by atoms with Crippen LogP contribution < -0.4 is 5.32 Å². The van der Waals surface area contributed by atoms with E-state index in [1.165, 1.54) is 6.92 Å². The third kappa shape index (κ3) is 4.41. The van der Waals surface area contributed by atoms with Crippen LogP contribution in [0.3, 0.4) is 0 Å². The van der Waals surface area contributed by atoms with Crippen molar-refractivity contribution in [1.82, 2.24) is 0 Å². The minimum atomic E-state index is -0.859. The number of carboxylic acids is 1. The SMILES string of the molecule is CC(=O)Nc1cccc(C2CCC(=O)C(CCC(=O)O)C2)c1. The lowest BCUT2D eigenvalue weighted by Gasteiger charge is -2.28. The molecule has 0 radical (unpaired) electrons. The Morgan fingerprint density at radius 1 is 1.36 bits per heavy atom. The first-order chi connectivity index (χ1) is 10.5. The van der Waals surface area contributed by atoms with Crippen LogP contribution >= 0.6 is 0 Å². The number of hydrogen-bond donors (Lipinski definition) is 2. The Morgan fingerprint density at radius 3 is 2.82 bits per heavy atom. The van der Waals surface area contributed by atoms with E-state index >= 15 is 0 Å². The summed E-state index contributed by atoms with van der Waals surface area (Å²) in [5.74, 6) is -0.724. The number of Topliss-reactive ketones (excluding diaryl/α,β-unsaturated/α-hetero) is 1. The zero-order valence-electron chi connectivity index (χ0n) is 12.7. The molecular weight excluding hydrogens is 282 g/mol. The average molecular weight is 303 g/mol. The Morgan fingerprint density at radius 2 is 2.14 bits per heavy atom. The van der Waals surface area contributed by atoms with Crippen molar-refractivity contribution >= 4 is 23.3 Å². The van der Waals surface area contributed by atoms with Gasteiger partial charge in [0.25, 0.3) is 0 Å². The summed E-state index contributed by atoms with van der Waals surface area (Å²) in [5.41, 5.74) is 1.85. The van der Waals surface area contributed by atoms with E-state index in [0.717, 1.165) is 17.7 Å². The molecule has 1 saturated carbocycles. The molecule has 0 spiro atoms. The lowest BCUT2D eigenvalue weighted by molar-refractivity contribution is -0.137. The maximum absolute atomic E-state index is 11.9. The number of ketones is 1. The van der Waals surface area contributed by atoms with Gasteiger partial charge in [0.1, 0.15) is 5.78 Å². The predicted molar refractivity (Wildman–Crippen MR) is 82.7 cm³/mol. The first-order valence-electron chi connectivity index (χ1n) is 7.57. The zero-order valence-corrected chi connectivity index (χ0v) is 12.7. The fraction of sp³-hybridized carbons (Fsp3) is 0.471. The third-order valence-corrected chi connectivity index (χ3v) is 4.15. The lowest BCUT2D eigenvalue weighted by Crippen LogP contribution is -2.24. The van der Waals surface area contributed by atoms with Gasteiger partial charge in [-0.2, -0.15) is 0 Å². The minimum absolute atomic E-state index is 0.0368. The standard InChI is InChI=1S/C17H21NO4/c1-11(19)18-15-4-2-3-12(10-15)13-5-7-16(20)14(9-13)6-8-17(21)22/h2-4,10,13-14H,5-9H2,1H3,(H,18,19)(H,21,22). The van der Waals surface area contributed by atoms with Crippen LogP contribution in [0.15, 0.2) is 24.3 Å². The number of hydrogen-bond acceptors (Lipinski definition) is 3. The van der Waals surface area contributed by atoms with Gasteiger partial charge >= 0.3 is 5.97 Å². The van der Waals surface area contributed by atoms with Gasteiger partial charge in [-0.3, -0.25) is 14.4 Å². The van der Waals surface area contributed by atoms with E-state index in [1.54, 1.807) is 0 Å². The van der Waals surface area contributed by atoms with Crippen LogP contribution in [0.2, 0.25) is 0 Å². The summed E-state index contributed by atoms with van der Waals surface area (Å²) < 4.78 is 0. The van der Waals surface area contributed by atoms with Crippen molar-refractivity contribution in [2.45, 2.75) is 44.9 Å². The summed E-state index contributed by atoms with van der Waals surface area (Å²) in [6.45, 7) is 1.47. The Bertz CT molecular complexity index is 582. The van der Waals surface area contributed by atoms with Crippen molar-refractivity contribution in [2.24, 2.45) is 5.92 Å². The summed E-state index contributed by atoms with van der Waals surface area (Å²) in [7, 11) is 0. The Kier molecular flexibility index (Phi) is 5.31. The Hall–Kier alpha value is -2.17. The van der Waals surface area contributed by atoms with Gasteiger partial charge < -0.3 is 10.4 Å². The largest absolute Gasteiger partial charge is 0.481 e. The highest BCUT2D eigenvalue weighted by Crippen LogP contribution is 2.37. The van der Waals surface area contributed by atoms with Crippen LogP contribution in [-0.4, -0.2) is 22.8 Å². The van der Waals surface area contributed by atoms with E-state index in [-0.39, 0.29) is 29.9 Å². The number of anilines is 1. The molecule has 1 amide bonds. The smallest absolute Gasteiger partial charge is 0.303 e. The van der Waals surface area contributed by atoms with E-state index in [1.807, 2.05) is 24.3 Å². The van der Waals surface area contributed by atoms with E-state index in [4.69, 9.17) is 5.11 Å². The van der Waals surface area contributed by atoms with E-state index in [9.17, 15) is 14.4 Å². The summed E-state index contributed by atoms with van der Waals surface area (Å²) in [5, 5.41) is 11.5. The van der Waals surface area contributed by atoms with Crippen molar-refractivity contribution in [1.29, 1.82) is 0 Å². The van der Waals surface area contributed by atoms with Gasteiger partial charge in [0.15, 0.2) is 0 Å². The molecule has 0 heterocycles. The number of nitrogens with one attached hydrogen (secondary N) is 1. The molecule has 0 saturated heterocycles. The fourth-order valence-corrected chi connectivity index (χ4v) is 3.07. The van der Waals surface area contributed by atoms with Gasteiger partial charge in [-0.05, 0) is 42.9 Å². The molecular formula is C17H21NO4. The number of benzene rings is 1. The second kappa shape index (κ2) is 7.20. The van der Waals surface area contributed by atoms with Crippen LogP contribution in [0.25, 0.3) is 0 Å². The predicted octanol–water partition coefficient (Wildman–Crippen LogP) is 2.96. The number of carboxylic acid groups (broad SMARTS) is 1. The van der Waals surface area contributed by atoms with Gasteiger partial charge in [0.2, 0.25) is 5.91 Å². The van der Waals surface area contributed by atoms with Crippen LogP contribution in [0.4, 0.5) is 5.69 Å². The summed E-state index contributed by atoms with van der Waals surface area (Å²) in [6, 6.07) is 7.67. The maximum Gasteiger partial charge on any atom is 0.303 e. The fourth-order valence-electron chi connectivity index (χ4n) is 3.07. The van der Waals surface area contributed by atoms with Crippen molar-refractivity contribution in [3.63, 3.8) is 0 Å². The van der Waals surface area contributed by atoms with E-state index in [0.29, 0.717) is 19.3 Å². The first-order valence-corrected chi connectivity index (χ1v) is 7.57. The quantitative estimate of drug-likeness (QED) is 0.876. The molecule has 2 rings (SSSR count). The molecule has 1 aliphatic carbocycles. The Labute approximate surface area is 129 Å². The summed E-state index contributed by atoms with van der Waals surface area (Å²) >= 11 is 0. The first kappa shape index (κ1) is 16.2. The number of carbonyl (C=O) groups is 3. The molecule has 1 fully saturated rings. The molecule has 0 aromatic heterocycles. The average Bonchev–Trinajstić information content (AvgIpc) is 2.46. The number of aliphatic carboxylic acids is 1. The van der Waals surface area contributed by atoms with Crippen molar-refractivity contribution in [3.8, 4) is 0 Å². The monoisotopic (exact) mass is 303 g/mol. The van der Waals surface area contributed by atoms with Gasteiger partial charge in [-0.15, -0.1) is 0 Å². The van der Waals surface area contributed by atoms with Gasteiger partial charge in [-0.25, -0.2) is 0 Å². The second-order valence-corrected chi connectivity index (χ2v) is 5.87.